The van der Waals surface area contributed by atoms with Crippen LogP contribution in [-0.2, 0) is 10.0 Å². The van der Waals surface area contributed by atoms with E-state index in [-0.39, 0.29) is 16.6 Å². The zero-order valence-electron chi connectivity index (χ0n) is 12.6. The van der Waals surface area contributed by atoms with E-state index in [4.69, 9.17) is 5.73 Å². The SMILES string of the molecule is Cc1cc(F)c(N)cc1S(=O)(=O)N(C)C1CCCCCC1. The number of rotatable bonds is 3. The molecule has 0 spiro atoms. The summed E-state index contributed by atoms with van der Waals surface area (Å²) in [5.41, 5.74) is 5.79. The molecular formula is C15H23FN2O2S. The number of benzene rings is 1. The van der Waals surface area contributed by atoms with E-state index in [2.05, 4.69) is 0 Å². The summed E-state index contributed by atoms with van der Waals surface area (Å²) in [7, 11) is -2.02. The first-order chi connectivity index (χ1) is 9.84. The van der Waals surface area contributed by atoms with Crippen molar-refractivity contribution in [1.82, 2.24) is 4.31 Å². The van der Waals surface area contributed by atoms with Crippen molar-refractivity contribution in [1.29, 1.82) is 0 Å². The van der Waals surface area contributed by atoms with Crippen molar-refractivity contribution >= 4 is 15.7 Å². The van der Waals surface area contributed by atoms with Gasteiger partial charge in [-0.3, -0.25) is 0 Å². The Morgan fingerprint density at radius 3 is 2.33 bits per heavy atom. The first-order valence-corrected chi connectivity index (χ1v) is 8.81. The fourth-order valence-electron chi connectivity index (χ4n) is 2.92. The van der Waals surface area contributed by atoms with Crippen LogP contribution in [0.15, 0.2) is 17.0 Å². The molecule has 0 unspecified atom stereocenters. The quantitative estimate of drug-likeness (QED) is 0.689. The third-order valence-corrected chi connectivity index (χ3v) is 6.34. The Bertz CT molecular complexity index is 608. The van der Waals surface area contributed by atoms with Gasteiger partial charge in [-0.1, -0.05) is 25.7 Å². The highest BCUT2D eigenvalue weighted by atomic mass is 32.2. The Balaban J connectivity index is 2.34. The highest BCUT2D eigenvalue weighted by molar-refractivity contribution is 7.89. The fourth-order valence-corrected chi connectivity index (χ4v) is 4.57. The molecule has 0 atom stereocenters. The molecular weight excluding hydrogens is 291 g/mol. The second-order valence-electron chi connectivity index (χ2n) is 5.81. The molecule has 6 heteroatoms. The number of sulfonamides is 1. The zero-order chi connectivity index (χ0) is 15.6. The van der Waals surface area contributed by atoms with Crippen molar-refractivity contribution < 1.29 is 12.8 Å². The van der Waals surface area contributed by atoms with Gasteiger partial charge in [0.05, 0.1) is 10.6 Å². The lowest BCUT2D eigenvalue weighted by atomic mass is 10.1. The summed E-state index contributed by atoms with van der Waals surface area (Å²) in [4.78, 5) is 0.105. The summed E-state index contributed by atoms with van der Waals surface area (Å²) in [5, 5.41) is 0. The molecule has 0 radical (unpaired) electrons. The third-order valence-electron chi connectivity index (χ3n) is 4.29. The molecule has 4 nitrogen and oxygen atoms in total. The number of nitrogens with two attached hydrogens (primary N) is 1. The van der Waals surface area contributed by atoms with E-state index in [0.29, 0.717) is 5.56 Å². The highest BCUT2D eigenvalue weighted by Crippen LogP contribution is 2.29. The Kier molecular flexibility index (Phi) is 4.88. The molecule has 0 amide bonds. The van der Waals surface area contributed by atoms with E-state index in [9.17, 15) is 12.8 Å². The maximum Gasteiger partial charge on any atom is 0.243 e. The van der Waals surface area contributed by atoms with Crippen molar-refractivity contribution in [2.45, 2.75) is 56.4 Å². The van der Waals surface area contributed by atoms with Gasteiger partial charge in [0.25, 0.3) is 0 Å². The second-order valence-corrected chi connectivity index (χ2v) is 7.77. The molecule has 2 rings (SSSR count). The van der Waals surface area contributed by atoms with Gasteiger partial charge in [0, 0.05) is 13.1 Å². The minimum absolute atomic E-state index is 0.0168. The summed E-state index contributed by atoms with van der Waals surface area (Å²) in [5.74, 6) is -0.580. The topological polar surface area (TPSA) is 63.4 Å². The molecule has 118 valence electrons. The lowest BCUT2D eigenvalue weighted by Crippen LogP contribution is -2.37. The van der Waals surface area contributed by atoms with Crippen molar-refractivity contribution in [3.8, 4) is 0 Å². The van der Waals surface area contributed by atoms with E-state index in [1.165, 1.54) is 16.4 Å². The number of nitrogen functional groups attached to an aromatic ring is 1. The lowest BCUT2D eigenvalue weighted by Gasteiger charge is -2.27. The number of anilines is 1. The molecule has 0 aliphatic heterocycles. The van der Waals surface area contributed by atoms with Gasteiger partial charge in [-0.05, 0) is 37.5 Å². The van der Waals surface area contributed by atoms with Gasteiger partial charge < -0.3 is 5.73 Å². The van der Waals surface area contributed by atoms with Crippen LogP contribution in [0, 0.1) is 12.7 Å². The summed E-state index contributed by atoms with van der Waals surface area (Å²) in [6.07, 6.45) is 6.18. The van der Waals surface area contributed by atoms with Crippen LogP contribution in [0.3, 0.4) is 0 Å². The van der Waals surface area contributed by atoms with Gasteiger partial charge in [-0.15, -0.1) is 0 Å². The smallest absolute Gasteiger partial charge is 0.243 e. The van der Waals surface area contributed by atoms with Crippen LogP contribution in [0.4, 0.5) is 10.1 Å². The maximum atomic E-state index is 13.4. The molecule has 1 fully saturated rings. The van der Waals surface area contributed by atoms with Crippen LogP contribution in [0.2, 0.25) is 0 Å². The number of hydrogen-bond acceptors (Lipinski definition) is 3. The predicted molar refractivity (Wildman–Crippen MR) is 82.0 cm³/mol. The molecule has 1 aromatic rings. The normalized spacial score (nSPS) is 17.9. The molecule has 1 aliphatic rings. The standard InChI is InChI=1S/C15H23FN2O2S/c1-11-9-13(16)14(17)10-15(11)21(19,20)18(2)12-7-5-3-4-6-8-12/h9-10,12H,3-8,17H2,1-2H3. The van der Waals surface area contributed by atoms with Gasteiger partial charge in [0.15, 0.2) is 0 Å². The second kappa shape index (κ2) is 6.32. The van der Waals surface area contributed by atoms with Gasteiger partial charge in [-0.2, -0.15) is 4.31 Å². The van der Waals surface area contributed by atoms with E-state index in [0.717, 1.165) is 38.5 Å². The Morgan fingerprint density at radius 1 is 1.19 bits per heavy atom. The average molecular weight is 314 g/mol. The van der Waals surface area contributed by atoms with Gasteiger partial charge >= 0.3 is 0 Å². The first-order valence-electron chi connectivity index (χ1n) is 7.37. The third kappa shape index (κ3) is 3.37. The van der Waals surface area contributed by atoms with Crippen LogP contribution in [0.25, 0.3) is 0 Å². The first kappa shape index (κ1) is 16.2. The Labute approximate surface area is 126 Å². The van der Waals surface area contributed by atoms with Gasteiger partial charge in [0.1, 0.15) is 5.82 Å². The molecule has 21 heavy (non-hydrogen) atoms. The van der Waals surface area contributed by atoms with Crippen molar-refractivity contribution in [3.63, 3.8) is 0 Å². The van der Waals surface area contributed by atoms with Crippen LogP contribution in [0.1, 0.15) is 44.1 Å². The lowest BCUT2D eigenvalue weighted by molar-refractivity contribution is 0.335. The zero-order valence-corrected chi connectivity index (χ0v) is 13.4. The van der Waals surface area contributed by atoms with Crippen LogP contribution < -0.4 is 5.73 Å². The average Bonchev–Trinajstić information content (AvgIpc) is 2.70. The fraction of sp³-hybridized carbons (Fsp3) is 0.600. The highest BCUT2D eigenvalue weighted by Gasteiger charge is 2.30. The molecule has 0 aromatic heterocycles. The van der Waals surface area contributed by atoms with E-state index in [1.807, 2.05) is 0 Å². The minimum atomic E-state index is -3.64. The van der Waals surface area contributed by atoms with Crippen LogP contribution >= 0.6 is 0 Å². The Morgan fingerprint density at radius 2 is 1.76 bits per heavy atom. The molecule has 2 N–H and O–H groups in total. The van der Waals surface area contributed by atoms with Crippen molar-refractivity contribution in [2.24, 2.45) is 0 Å². The summed E-state index contributed by atoms with van der Waals surface area (Å²) in [6.45, 7) is 1.59. The monoisotopic (exact) mass is 314 g/mol. The molecule has 0 heterocycles. The van der Waals surface area contributed by atoms with E-state index in [1.54, 1.807) is 14.0 Å². The van der Waals surface area contributed by atoms with Gasteiger partial charge in [-0.25, -0.2) is 12.8 Å². The molecule has 1 aromatic carbocycles. The molecule has 0 saturated heterocycles. The van der Waals surface area contributed by atoms with Gasteiger partial charge in [0.2, 0.25) is 10.0 Å². The van der Waals surface area contributed by atoms with E-state index < -0.39 is 15.8 Å². The van der Waals surface area contributed by atoms with Crippen LogP contribution in [-0.4, -0.2) is 25.8 Å². The van der Waals surface area contributed by atoms with Crippen LogP contribution in [0.5, 0.6) is 0 Å². The molecule has 0 bridgehead atoms. The summed E-state index contributed by atoms with van der Waals surface area (Å²) >= 11 is 0. The molecule has 1 saturated carbocycles. The number of halogens is 1. The minimum Gasteiger partial charge on any atom is -0.396 e. The number of hydrogen-bond donors (Lipinski definition) is 1. The molecule has 1 aliphatic carbocycles. The van der Waals surface area contributed by atoms with Crippen molar-refractivity contribution in [3.05, 3.63) is 23.5 Å². The predicted octanol–water partition coefficient (Wildman–Crippen LogP) is 3.06. The van der Waals surface area contributed by atoms with E-state index >= 15 is 0 Å². The maximum absolute atomic E-state index is 13.4. The summed E-state index contributed by atoms with van der Waals surface area (Å²) < 4.78 is 40.4. The number of aryl methyl sites for hydroxylation is 1. The Hall–Kier alpha value is -1.14. The number of nitrogens with zero attached hydrogens (tertiary/aromatic N) is 1. The summed E-state index contributed by atoms with van der Waals surface area (Å²) in [6, 6.07) is 2.43. The van der Waals surface area contributed by atoms with Crippen molar-refractivity contribution in [2.75, 3.05) is 12.8 Å². The largest absolute Gasteiger partial charge is 0.396 e.